The van der Waals surface area contributed by atoms with Crippen LogP contribution < -0.4 is 10.6 Å². The molecule has 0 radical (unpaired) electrons. The molecule has 1 aliphatic rings. The smallest absolute Gasteiger partial charge is 0.408 e. The van der Waals surface area contributed by atoms with Crippen molar-refractivity contribution >= 4 is 12.1 Å². The number of likely N-dealkylation sites (tertiary alicyclic amines) is 1. The lowest BCUT2D eigenvalue weighted by Gasteiger charge is -2.27. The molecule has 0 saturated carbocycles. The Bertz CT molecular complexity index is 643. The third kappa shape index (κ3) is 7.03. The van der Waals surface area contributed by atoms with Crippen LogP contribution in [0, 0.1) is 5.92 Å². The number of amides is 1. The van der Waals surface area contributed by atoms with Crippen LogP contribution in [0.15, 0.2) is 35.3 Å². The summed E-state index contributed by atoms with van der Waals surface area (Å²) in [4.78, 5) is 19.0. The number of alkyl carbamates (subject to hydrolysis) is 1. The Morgan fingerprint density at radius 1 is 1.32 bits per heavy atom. The van der Waals surface area contributed by atoms with Gasteiger partial charge in [0.25, 0.3) is 0 Å². The summed E-state index contributed by atoms with van der Waals surface area (Å²) in [5.74, 6) is 1.36. The van der Waals surface area contributed by atoms with Gasteiger partial charge in [0.15, 0.2) is 5.96 Å². The van der Waals surface area contributed by atoms with E-state index in [0.717, 1.165) is 37.6 Å². The first-order chi connectivity index (χ1) is 13.3. The van der Waals surface area contributed by atoms with Gasteiger partial charge in [-0.3, -0.25) is 4.99 Å². The van der Waals surface area contributed by atoms with E-state index in [9.17, 15) is 4.79 Å². The number of guanidine groups is 1. The highest BCUT2D eigenvalue weighted by molar-refractivity contribution is 5.80. The fourth-order valence-corrected chi connectivity index (χ4v) is 3.31. The highest BCUT2D eigenvalue weighted by Crippen LogP contribution is 2.17. The number of benzene rings is 1. The van der Waals surface area contributed by atoms with Crippen LogP contribution in [-0.2, 0) is 9.47 Å². The highest BCUT2D eigenvalue weighted by Gasteiger charge is 2.26. The minimum Gasteiger partial charge on any atom is -0.444 e. The molecule has 2 N–H and O–H groups in total. The molecule has 1 saturated heterocycles. The monoisotopic (exact) mass is 390 g/mol. The number of rotatable bonds is 6. The molecule has 156 valence electrons. The second kappa shape index (κ2) is 10.3. The average molecular weight is 391 g/mol. The molecule has 2 unspecified atom stereocenters. The predicted octanol–water partition coefficient (Wildman–Crippen LogP) is 2.80. The Morgan fingerprint density at radius 2 is 2.04 bits per heavy atom. The van der Waals surface area contributed by atoms with E-state index in [1.807, 2.05) is 51.1 Å². The zero-order chi connectivity index (χ0) is 20.6. The van der Waals surface area contributed by atoms with E-state index in [1.54, 1.807) is 14.2 Å². The lowest BCUT2D eigenvalue weighted by molar-refractivity contribution is 0.0504. The molecule has 28 heavy (non-hydrogen) atoms. The van der Waals surface area contributed by atoms with Crippen molar-refractivity contribution in [2.45, 2.75) is 38.8 Å². The Labute approximate surface area is 168 Å². The Hall–Kier alpha value is -2.28. The van der Waals surface area contributed by atoms with Crippen molar-refractivity contribution in [3.63, 3.8) is 0 Å². The van der Waals surface area contributed by atoms with Crippen LogP contribution >= 0.6 is 0 Å². The van der Waals surface area contributed by atoms with E-state index in [1.165, 1.54) is 0 Å². The van der Waals surface area contributed by atoms with Crippen LogP contribution in [0.4, 0.5) is 4.79 Å². The van der Waals surface area contributed by atoms with Crippen molar-refractivity contribution < 1.29 is 14.3 Å². The lowest BCUT2D eigenvalue weighted by Crippen LogP contribution is -2.45. The van der Waals surface area contributed by atoms with Gasteiger partial charge >= 0.3 is 6.09 Å². The molecule has 2 rings (SSSR count). The van der Waals surface area contributed by atoms with Gasteiger partial charge in [-0.15, -0.1) is 0 Å². The number of hydrogen-bond acceptors (Lipinski definition) is 4. The minimum atomic E-state index is -0.541. The number of nitrogens with one attached hydrogen (secondary N) is 2. The van der Waals surface area contributed by atoms with Gasteiger partial charge in [-0.25, -0.2) is 4.79 Å². The van der Waals surface area contributed by atoms with Crippen LogP contribution in [0.1, 0.15) is 38.8 Å². The zero-order valence-electron chi connectivity index (χ0n) is 17.7. The molecule has 1 aromatic carbocycles. The summed E-state index contributed by atoms with van der Waals surface area (Å²) in [7, 11) is 3.52. The van der Waals surface area contributed by atoms with Crippen molar-refractivity contribution in [3.8, 4) is 0 Å². The number of hydrogen-bond donors (Lipinski definition) is 2. The summed E-state index contributed by atoms with van der Waals surface area (Å²) >= 11 is 0. The SMILES string of the molecule is CN=C(NCC(NC(=O)OC(C)(C)C)c1ccccc1)N1CCC(COC)C1. The van der Waals surface area contributed by atoms with Gasteiger partial charge in [-0.2, -0.15) is 0 Å². The quantitative estimate of drug-likeness (QED) is 0.577. The van der Waals surface area contributed by atoms with Crippen molar-refractivity contribution in [2.75, 3.05) is 40.4 Å². The second-order valence-electron chi connectivity index (χ2n) is 8.09. The van der Waals surface area contributed by atoms with Gasteiger partial charge in [0.05, 0.1) is 12.6 Å². The number of carbonyl (C=O) groups is 1. The Balaban J connectivity index is 2.00. The molecular formula is C21H34N4O3. The van der Waals surface area contributed by atoms with Gasteiger partial charge in [0.1, 0.15) is 5.60 Å². The maximum absolute atomic E-state index is 12.3. The summed E-state index contributed by atoms with van der Waals surface area (Å²) in [6, 6.07) is 9.65. The molecule has 7 heteroatoms. The maximum Gasteiger partial charge on any atom is 0.408 e. The lowest BCUT2D eigenvalue weighted by atomic mass is 10.1. The number of carbonyl (C=O) groups excluding carboxylic acids is 1. The number of aliphatic imine (C=N–C) groups is 1. The van der Waals surface area contributed by atoms with Gasteiger partial charge in [0.2, 0.25) is 0 Å². The molecule has 7 nitrogen and oxygen atoms in total. The fourth-order valence-electron chi connectivity index (χ4n) is 3.31. The van der Waals surface area contributed by atoms with E-state index in [4.69, 9.17) is 9.47 Å². The Morgan fingerprint density at radius 3 is 2.64 bits per heavy atom. The van der Waals surface area contributed by atoms with Crippen LogP contribution in [0.25, 0.3) is 0 Å². The zero-order valence-corrected chi connectivity index (χ0v) is 17.7. The standard InChI is InChI=1S/C21H34N4O3/c1-21(2,3)28-20(26)24-18(17-9-7-6-8-10-17)13-23-19(22-4)25-12-11-16(14-25)15-27-5/h6-10,16,18H,11-15H2,1-5H3,(H,22,23)(H,24,26). The molecule has 1 amide bonds. The van der Waals surface area contributed by atoms with Gasteiger partial charge in [-0.1, -0.05) is 30.3 Å². The van der Waals surface area contributed by atoms with Gasteiger partial charge in [-0.05, 0) is 32.8 Å². The van der Waals surface area contributed by atoms with E-state index >= 15 is 0 Å². The van der Waals surface area contributed by atoms with Gasteiger partial charge < -0.3 is 25.0 Å². The maximum atomic E-state index is 12.3. The van der Waals surface area contributed by atoms with Crippen molar-refractivity contribution in [3.05, 3.63) is 35.9 Å². The van der Waals surface area contributed by atoms with Gasteiger partial charge in [0, 0.05) is 39.7 Å². The largest absolute Gasteiger partial charge is 0.444 e. The van der Waals surface area contributed by atoms with E-state index in [2.05, 4.69) is 20.5 Å². The average Bonchev–Trinajstić information content (AvgIpc) is 3.09. The topological polar surface area (TPSA) is 75.2 Å². The molecular weight excluding hydrogens is 356 g/mol. The fraction of sp³-hybridized carbons (Fsp3) is 0.619. The molecule has 0 spiro atoms. The van der Waals surface area contributed by atoms with Crippen molar-refractivity contribution in [1.82, 2.24) is 15.5 Å². The molecule has 0 aliphatic carbocycles. The molecule has 1 heterocycles. The molecule has 1 fully saturated rings. The molecule has 0 bridgehead atoms. The van der Waals surface area contributed by atoms with E-state index < -0.39 is 11.7 Å². The minimum absolute atomic E-state index is 0.231. The molecule has 0 aromatic heterocycles. The highest BCUT2D eigenvalue weighted by atomic mass is 16.6. The first kappa shape index (κ1) is 22.0. The third-order valence-corrected chi connectivity index (χ3v) is 4.56. The van der Waals surface area contributed by atoms with E-state index in [0.29, 0.717) is 12.5 Å². The first-order valence-corrected chi connectivity index (χ1v) is 9.81. The van der Waals surface area contributed by atoms with Crippen LogP contribution in [0.2, 0.25) is 0 Å². The summed E-state index contributed by atoms with van der Waals surface area (Å²) < 4.78 is 10.7. The number of methoxy groups -OCH3 is 1. The summed E-state index contributed by atoms with van der Waals surface area (Å²) in [6.45, 7) is 8.71. The summed E-state index contributed by atoms with van der Waals surface area (Å²) in [5, 5.41) is 6.38. The predicted molar refractivity (Wildman–Crippen MR) is 111 cm³/mol. The van der Waals surface area contributed by atoms with Crippen LogP contribution in [0.3, 0.4) is 0 Å². The van der Waals surface area contributed by atoms with Crippen molar-refractivity contribution in [2.24, 2.45) is 10.9 Å². The first-order valence-electron chi connectivity index (χ1n) is 9.81. The molecule has 2 atom stereocenters. The van der Waals surface area contributed by atoms with Crippen LogP contribution in [-0.4, -0.2) is 63.0 Å². The summed E-state index contributed by atoms with van der Waals surface area (Å²) in [6.07, 6.45) is 0.659. The number of ether oxygens (including phenoxy) is 2. The third-order valence-electron chi connectivity index (χ3n) is 4.56. The van der Waals surface area contributed by atoms with Crippen molar-refractivity contribution in [1.29, 1.82) is 0 Å². The van der Waals surface area contributed by atoms with E-state index in [-0.39, 0.29) is 6.04 Å². The normalized spacial score (nSPS) is 18.7. The van der Waals surface area contributed by atoms with Crippen LogP contribution in [0.5, 0.6) is 0 Å². The second-order valence-corrected chi connectivity index (χ2v) is 8.09. The summed E-state index contributed by atoms with van der Waals surface area (Å²) in [5.41, 5.74) is 0.468. The number of nitrogens with zero attached hydrogens (tertiary/aromatic N) is 2. The Kier molecular flexibility index (Phi) is 8.11. The molecule has 1 aromatic rings. The molecule has 1 aliphatic heterocycles.